The standard InChI is InChI=1S/C10H10OS3/c12-10-13-7-9(14-10)6-11-8-4-2-1-3-5-8/h1-5,9H,6-7H2/t9-/m1/s1. The molecule has 0 aliphatic carbocycles. The molecule has 4 heteroatoms. The van der Waals surface area contributed by atoms with Gasteiger partial charge in [-0.25, -0.2) is 0 Å². The summed E-state index contributed by atoms with van der Waals surface area (Å²) in [6.07, 6.45) is 0. The van der Waals surface area contributed by atoms with Crippen LogP contribution in [-0.4, -0.2) is 21.1 Å². The van der Waals surface area contributed by atoms with Gasteiger partial charge in [0, 0.05) is 5.75 Å². The van der Waals surface area contributed by atoms with E-state index in [0.717, 1.165) is 21.6 Å². The van der Waals surface area contributed by atoms with Crippen molar-refractivity contribution in [2.24, 2.45) is 0 Å². The van der Waals surface area contributed by atoms with Gasteiger partial charge in [-0.2, -0.15) is 0 Å². The molecule has 0 N–H and O–H groups in total. The summed E-state index contributed by atoms with van der Waals surface area (Å²) in [6.45, 7) is 0.752. The van der Waals surface area contributed by atoms with Crippen molar-refractivity contribution in [2.45, 2.75) is 5.25 Å². The van der Waals surface area contributed by atoms with Crippen molar-refractivity contribution < 1.29 is 4.74 Å². The van der Waals surface area contributed by atoms with Crippen LogP contribution in [0.25, 0.3) is 0 Å². The number of rotatable bonds is 3. The summed E-state index contributed by atoms with van der Waals surface area (Å²) < 4.78 is 6.69. The van der Waals surface area contributed by atoms with Gasteiger partial charge in [-0.3, -0.25) is 0 Å². The molecule has 14 heavy (non-hydrogen) atoms. The Morgan fingerprint density at radius 3 is 2.79 bits per heavy atom. The van der Waals surface area contributed by atoms with Crippen molar-refractivity contribution in [1.82, 2.24) is 0 Å². The quantitative estimate of drug-likeness (QED) is 0.752. The van der Waals surface area contributed by atoms with E-state index in [0.29, 0.717) is 5.25 Å². The van der Waals surface area contributed by atoms with E-state index >= 15 is 0 Å². The van der Waals surface area contributed by atoms with E-state index in [1.165, 1.54) is 0 Å². The molecule has 1 atom stereocenters. The van der Waals surface area contributed by atoms with E-state index in [4.69, 9.17) is 17.0 Å². The lowest BCUT2D eigenvalue weighted by Gasteiger charge is -2.09. The minimum absolute atomic E-state index is 0.521. The number of thiocarbonyl (C=S) groups is 1. The lowest BCUT2D eigenvalue weighted by atomic mass is 10.3. The fraction of sp³-hybridized carbons (Fsp3) is 0.300. The minimum Gasteiger partial charge on any atom is -0.492 e. The molecule has 2 rings (SSSR count). The van der Waals surface area contributed by atoms with E-state index in [2.05, 4.69) is 0 Å². The molecule has 1 aromatic rings. The van der Waals surface area contributed by atoms with Gasteiger partial charge < -0.3 is 4.74 Å². The average molecular weight is 242 g/mol. The Bertz CT molecular complexity index is 312. The predicted molar refractivity (Wildman–Crippen MR) is 68.4 cm³/mol. The molecular weight excluding hydrogens is 232 g/mol. The summed E-state index contributed by atoms with van der Waals surface area (Å²) in [5.74, 6) is 2.02. The van der Waals surface area contributed by atoms with Crippen LogP contribution < -0.4 is 4.74 Å². The van der Waals surface area contributed by atoms with Crippen LogP contribution in [0.3, 0.4) is 0 Å². The second-order valence-corrected chi connectivity index (χ2v) is 6.45. The lowest BCUT2D eigenvalue weighted by Crippen LogP contribution is -2.13. The maximum absolute atomic E-state index is 5.64. The van der Waals surface area contributed by atoms with Crippen LogP contribution in [0, 0.1) is 0 Å². The molecule has 0 aromatic heterocycles. The molecule has 0 unspecified atom stereocenters. The van der Waals surface area contributed by atoms with Crippen molar-refractivity contribution in [2.75, 3.05) is 12.4 Å². The van der Waals surface area contributed by atoms with E-state index in [1.807, 2.05) is 30.3 Å². The van der Waals surface area contributed by atoms with E-state index in [-0.39, 0.29) is 0 Å². The van der Waals surface area contributed by atoms with Gasteiger partial charge in [-0.05, 0) is 12.1 Å². The Morgan fingerprint density at radius 2 is 2.14 bits per heavy atom. The number of hydrogen-bond acceptors (Lipinski definition) is 4. The summed E-state index contributed by atoms with van der Waals surface area (Å²) in [4.78, 5) is 0. The number of ether oxygens (including phenoxy) is 1. The largest absolute Gasteiger partial charge is 0.492 e. The van der Waals surface area contributed by atoms with Crippen LogP contribution in [0.2, 0.25) is 0 Å². The number of benzene rings is 1. The topological polar surface area (TPSA) is 9.23 Å². The van der Waals surface area contributed by atoms with Crippen LogP contribution in [-0.2, 0) is 0 Å². The number of para-hydroxylation sites is 1. The Kier molecular flexibility index (Phi) is 3.73. The number of thioether (sulfide) groups is 2. The van der Waals surface area contributed by atoms with Crippen LogP contribution in [0.5, 0.6) is 5.75 Å². The van der Waals surface area contributed by atoms with Gasteiger partial charge in [-0.1, -0.05) is 42.2 Å². The first-order valence-corrected chi connectivity index (χ1v) is 6.63. The zero-order chi connectivity index (χ0) is 9.80. The Labute approximate surface area is 97.6 Å². The van der Waals surface area contributed by atoms with Crippen LogP contribution in [0.4, 0.5) is 0 Å². The van der Waals surface area contributed by atoms with Crippen molar-refractivity contribution in [3.05, 3.63) is 30.3 Å². The molecule has 0 bridgehead atoms. The van der Waals surface area contributed by atoms with Gasteiger partial charge in [0.2, 0.25) is 0 Å². The van der Waals surface area contributed by atoms with E-state index < -0.39 is 0 Å². The number of hydrogen-bond donors (Lipinski definition) is 0. The monoisotopic (exact) mass is 242 g/mol. The molecule has 0 spiro atoms. The molecule has 1 aliphatic rings. The fourth-order valence-electron chi connectivity index (χ4n) is 1.15. The van der Waals surface area contributed by atoms with Gasteiger partial charge in [0.1, 0.15) is 15.9 Å². The van der Waals surface area contributed by atoms with Gasteiger partial charge >= 0.3 is 0 Å². The van der Waals surface area contributed by atoms with Crippen LogP contribution in [0.15, 0.2) is 30.3 Å². The summed E-state index contributed by atoms with van der Waals surface area (Å²) >= 11 is 8.61. The average Bonchev–Trinajstić information content (AvgIpc) is 2.63. The maximum atomic E-state index is 5.64. The summed E-state index contributed by atoms with van der Waals surface area (Å²) in [5.41, 5.74) is 0. The fourth-order valence-corrected chi connectivity index (χ4v) is 3.95. The highest BCUT2D eigenvalue weighted by atomic mass is 32.2. The smallest absolute Gasteiger partial charge is 0.119 e. The summed E-state index contributed by atoms with van der Waals surface area (Å²) in [6, 6.07) is 9.91. The van der Waals surface area contributed by atoms with Crippen molar-refractivity contribution in [3.63, 3.8) is 0 Å². The predicted octanol–water partition coefficient (Wildman–Crippen LogP) is 3.20. The van der Waals surface area contributed by atoms with Crippen molar-refractivity contribution in [3.8, 4) is 5.75 Å². The molecule has 1 nitrogen and oxygen atoms in total. The van der Waals surface area contributed by atoms with Gasteiger partial charge in [0.25, 0.3) is 0 Å². The molecule has 1 heterocycles. The third-order valence-corrected chi connectivity index (χ3v) is 4.96. The molecule has 1 saturated heterocycles. The molecule has 0 saturated carbocycles. The zero-order valence-corrected chi connectivity index (χ0v) is 9.96. The van der Waals surface area contributed by atoms with Gasteiger partial charge in [0.05, 0.1) is 5.25 Å². The Hall–Kier alpha value is -0.190. The van der Waals surface area contributed by atoms with E-state index in [1.54, 1.807) is 23.5 Å². The lowest BCUT2D eigenvalue weighted by molar-refractivity contribution is 0.324. The van der Waals surface area contributed by atoms with Gasteiger partial charge in [0.15, 0.2) is 0 Å². The highest BCUT2D eigenvalue weighted by Gasteiger charge is 2.21. The molecule has 0 amide bonds. The zero-order valence-electron chi connectivity index (χ0n) is 7.51. The SMILES string of the molecule is S=C1SC[C@@H](COc2ccccc2)S1. The first kappa shape index (κ1) is 10.3. The Balaban J connectivity index is 1.80. The molecule has 74 valence electrons. The third kappa shape index (κ3) is 2.90. The van der Waals surface area contributed by atoms with Gasteiger partial charge in [-0.15, -0.1) is 11.8 Å². The molecule has 1 fully saturated rings. The first-order chi connectivity index (χ1) is 6.84. The van der Waals surface area contributed by atoms with Crippen molar-refractivity contribution in [1.29, 1.82) is 0 Å². The highest BCUT2D eigenvalue weighted by molar-refractivity contribution is 8.49. The second-order valence-electron chi connectivity index (χ2n) is 2.92. The van der Waals surface area contributed by atoms with Crippen molar-refractivity contribution >= 4 is 39.3 Å². The van der Waals surface area contributed by atoms with E-state index in [9.17, 15) is 0 Å². The third-order valence-electron chi connectivity index (χ3n) is 1.83. The molecule has 0 radical (unpaired) electrons. The van der Waals surface area contributed by atoms with Crippen LogP contribution >= 0.6 is 35.7 Å². The van der Waals surface area contributed by atoms with Crippen LogP contribution in [0.1, 0.15) is 0 Å². The normalized spacial score (nSPS) is 21.1. The highest BCUT2D eigenvalue weighted by Crippen LogP contribution is 2.33. The molecule has 1 aromatic carbocycles. The summed E-state index contributed by atoms with van der Waals surface area (Å²) in [7, 11) is 0. The summed E-state index contributed by atoms with van der Waals surface area (Å²) in [5, 5.41) is 0.521. The second kappa shape index (κ2) is 5.05. The molecule has 1 aliphatic heterocycles. The minimum atomic E-state index is 0.521. The first-order valence-electron chi connectivity index (χ1n) is 4.36. The maximum Gasteiger partial charge on any atom is 0.119 e. The molecular formula is C10H10OS3. The Morgan fingerprint density at radius 1 is 1.36 bits per heavy atom.